The van der Waals surface area contributed by atoms with Crippen LogP contribution in [0.4, 0.5) is 18.9 Å². The van der Waals surface area contributed by atoms with Crippen molar-refractivity contribution in [3.05, 3.63) is 29.8 Å². The largest absolute Gasteiger partial charge is 0.471 e. The Bertz CT molecular complexity index is 704. The second-order valence-corrected chi connectivity index (χ2v) is 6.37. The van der Waals surface area contributed by atoms with E-state index in [0.717, 1.165) is 0 Å². The molecule has 0 saturated carbocycles. The summed E-state index contributed by atoms with van der Waals surface area (Å²) in [6.07, 6.45) is -4.88. The molecule has 2 rings (SSSR count). The fourth-order valence-corrected chi connectivity index (χ4v) is 2.71. The zero-order valence-electron chi connectivity index (χ0n) is 14.4. The minimum absolute atomic E-state index is 0.00910. The van der Waals surface area contributed by atoms with Gasteiger partial charge in [-0.2, -0.15) is 13.2 Å². The van der Waals surface area contributed by atoms with Crippen LogP contribution in [0.1, 0.15) is 25.8 Å². The lowest BCUT2D eigenvalue weighted by Crippen LogP contribution is -2.36. The molecular formula is C17H20F3N3O3. The molecule has 1 saturated heterocycles. The highest BCUT2D eigenvalue weighted by Crippen LogP contribution is 2.23. The van der Waals surface area contributed by atoms with Gasteiger partial charge in [0.15, 0.2) is 0 Å². The lowest BCUT2D eigenvalue weighted by molar-refractivity contribution is -0.173. The second kappa shape index (κ2) is 7.76. The minimum Gasteiger partial charge on any atom is -0.344 e. The number of alkyl halides is 3. The molecule has 1 unspecified atom stereocenters. The van der Waals surface area contributed by atoms with Gasteiger partial charge in [0.1, 0.15) is 0 Å². The molecule has 1 atom stereocenters. The number of hydrogen-bond donors (Lipinski definition) is 2. The van der Waals surface area contributed by atoms with Crippen LogP contribution in [0.15, 0.2) is 24.3 Å². The number of carbonyl (C=O) groups excluding carboxylic acids is 3. The van der Waals surface area contributed by atoms with Crippen LogP contribution in [0.25, 0.3) is 0 Å². The van der Waals surface area contributed by atoms with Crippen molar-refractivity contribution in [2.45, 2.75) is 39.0 Å². The van der Waals surface area contributed by atoms with Gasteiger partial charge in [0.2, 0.25) is 11.8 Å². The van der Waals surface area contributed by atoms with Crippen molar-refractivity contribution in [3.63, 3.8) is 0 Å². The Balaban J connectivity index is 2.03. The Morgan fingerprint density at radius 2 is 1.92 bits per heavy atom. The van der Waals surface area contributed by atoms with Crippen LogP contribution in [0, 0.1) is 5.92 Å². The Kier molecular flexibility index (Phi) is 5.89. The monoisotopic (exact) mass is 371 g/mol. The van der Waals surface area contributed by atoms with Gasteiger partial charge >= 0.3 is 12.1 Å². The number of amides is 3. The molecule has 1 aromatic carbocycles. The van der Waals surface area contributed by atoms with E-state index in [9.17, 15) is 27.6 Å². The molecule has 142 valence electrons. The lowest BCUT2D eigenvalue weighted by Gasteiger charge is -2.21. The van der Waals surface area contributed by atoms with Crippen LogP contribution in [-0.2, 0) is 20.9 Å². The molecule has 3 amide bonds. The van der Waals surface area contributed by atoms with Gasteiger partial charge in [-0.3, -0.25) is 14.4 Å². The Labute approximate surface area is 148 Å². The molecule has 1 aromatic rings. The Hall–Kier alpha value is -2.58. The molecule has 0 aliphatic carbocycles. The number of nitrogens with zero attached hydrogens (tertiary/aromatic N) is 1. The summed E-state index contributed by atoms with van der Waals surface area (Å²) in [7, 11) is 0. The molecule has 0 aromatic heterocycles. The number of para-hydroxylation sites is 1. The molecule has 1 aliphatic heterocycles. The first-order valence-corrected chi connectivity index (χ1v) is 8.13. The zero-order valence-corrected chi connectivity index (χ0v) is 14.4. The van der Waals surface area contributed by atoms with Crippen molar-refractivity contribution in [1.82, 2.24) is 10.2 Å². The first-order chi connectivity index (χ1) is 12.1. The van der Waals surface area contributed by atoms with Crippen LogP contribution in [0.3, 0.4) is 0 Å². The molecule has 0 radical (unpaired) electrons. The fourth-order valence-electron chi connectivity index (χ4n) is 2.71. The number of anilines is 1. The average molecular weight is 371 g/mol. The van der Waals surface area contributed by atoms with E-state index < -0.39 is 18.0 Å². The molecule has 1 aliphatic rings. The molecule has 1 fully saturated rings. The van der Waals surface area contributed by atoms with Gasteiger partial charge < -0.3 is 15.5 Å². The van der Waals surface area contributed by atoms with E-state index >= 15 is 0 Å². The fraction of sp³-hybridized carbons (Fsp3) is 0.471. The maximum atomic E-state index is 12.4. The molecule has 0 bridgehead atoms. The summed E-state index contributed by atoms with van der Waals surface area (Å²) in [6.45, 7) is 3.64. The third-order valence-electron chi connectivity index (χ3n) is 4.12. The van der Waals surface area contributed by atoms with Gasteiger partial charge in [-0.25, -0.2) is 0 Å². The van der Waals surface area contributed by atoms with Crippen LogP contribution in [0.2, 0.25) is 0 Å². The summed E-state index contributed by atoms with van der Waals surface area (Å²) in [6, 6.07) is 6.23. The van der Waals surface area contributed by atoms with E-state index in [4.69, 9.17) is 0 Å². The van der Waals surface area contributed by atoms with Gasteiger partial charge in [-0.05, 0) is 25.5 Å². The first kappa shape index (κ1) is 19.7. The lowest BCUT2D eigenvalue weighted by atomic mass is 10.1. The van der Waals surface area contributed by atoms with Crippen molar-refractivity contribution in [1.29, 1.82) is 0 Å². The molecule has 1 heterocycles. The van der Waals surface area contributed by atoms with Gasteiger partial charge in [0.05, 0.1) is 5.92 Å². The third-order valence-corrected chi connectivity index (χ3v) is 4.12. The van der Waals surface area contributed by atoms with Crippen LogP contribution in [0.5, 0.6) is 0 Å². The van der Waals surface area contributed by atoms with E-state index in [1.165, 1.54) is 12.1 Å². The standard InChI is InChI=1S/C17H20F3N3O3/c1-10(2)23-9-12(7-14(23)24)15(25)22-13-6-4-3-5-11(13)8-21-16(26)17(18,19)20/h3-6,10,12H,7-9H2,1-2H3,(H,21,26)(H,22,25). The summed E-state index contributed by atoms with van der Waals surface area (Å²) in [4.78, 5) is 36.9. The minimum atomic E-state index is -4.97. The normalized spacial score (nSPS) is 17.5. The average Bonchev–Trinajstić information content (AvgIpc) is 2.95. The van der Waals surface area contributed by atoms with Crippen molar-refractivity contribution in [2.24, 2.45) is 5.92 Å². The number of carbonyl (C=O) groups is 3. The highest BCUT2D eigenvalue weighted by molar-refractivity contribution is 5.97. The maximum absolute atomic E-state index is 12.4. The van der Waals surface area contributed by atoms with Gasteiger partial charge in [0, 0.05) is 31.2 Å². The predicted molar refractivity (Wildman–Crippen MR) is 87.9 cm³/mol. The number of halogens is 3. The van der Waals surface area contributed by atoms with Crippen molar-refractivity contribution in [2.75, 3.05) is 11.9 Å². The topological polar surface area (TPSA) is 78.5 Å². The van der Waals surface area contributed by atoms with Crippen LogP contribution < -0.4 is 10.6 Å². The van der Waals surface area contributed by atoms with Crippen molar-refractivity contribution >= 4 is 23.4 Å². The summed E-state index contributed by atoms with van der Waals surface area (Å²) in [5.74, 6) is -3.06. The number of nitrogens with one attached hydrogen (secondary N) is 2. The van der Waals surface area contributed by atoms with Crippen LogP contribution >= 0.6 is 0 Å². The molecule has 6 nitrogen and oxygen atoms in total. The summed E-state index contributed by atoms with van der Waals surface area (Å²) < 4.78 is 36.9. The molecule has 0 spiro atoms. The SMILES string of the molecule is CC(C)N1CC(C(=O)Nc2ccccc2CNC(=O)C(F)(F)F)CC1=O. The quantitative estimate of drug-likeness (QED) is 0.832. The highest BCUT2D eigenvalue weighted by atomic mass is 19.4. The number of hydrogen-bond acceptors (Lipinski definition) is 3. The van der Waals surface area contributed by atoms with E-state index in [1.807, 2.05) is 13.8 Å². The Morgan fingerprint density at radius 3 is 2.50 bits per heavy atom. The second-order valence-electron chi connectivity index (χ2n) is 6.37. The Morgan fingerprint density at radius 1 is 1.27 bits per heavy atom. The van der Waals surface area contributed by atoms with E-state index in [2.05, 4.69) is 5.32 Å². The van der Waals surface area contributed by atoms with E-state index in [-0.39, 0.29) is 30.8 Å². The van der Waals surface area contributed by atoms with Gasteiger partial charge in [-0.1, -0.05) is 18.2 Å². The number of rotatable bonds is 5. The summed E-state index contributed by atoms with van der Waals surface area (Å²) in [5, 5.41) is 4.42. The van der Waals surface area contributed by atoms with Gasteiger partial charge in [0.25, 0.3) is 0 Å². The molecule has 2 N–H and O–H groups in total. The van der Waals surface area contributed by atoms with E-state index in [0.29, 0.717) is 17.8 Å². The zero-order chi connectivity index (χ0) is 19.5. The smallest absolute Gasteiger partial charge is 0.344 e. The van der Waals surface area contributed by atoms with E-state index in [1.54, 1.807) is 22.3 Å². The predicted octanol–water partition coefficient (Wildman–Crippen LogP) is 2.06. The first-order valence-electron chi connectivity index (χ1n) is 8.13. The highest BCUT2D eigenvalue weighted by Gasteiger charge is 2.38. The van der Waals surface area contributed by atoms with Gasteiger partial charge in [-0.15, -0.1) is 0 Å². The number of likely N-dealkylation sites (tertiary alicyclic amines) is 1. The molecule has 9 heteroatoms. The third kappa shape index (κ3) is 4.74. The summed E-state index contributed by atoms with van der Waals surface area (Å²) >= 11 is 0. The number of benzene rings is 1. The van der Waals surface area contributed by atoms with Crippen molar-refractivity contribution < 1.29 is 27.6 Å². The van der Waals surface area contributed by atoms with Crippen LogP contribution in [-0.4, -0.2) is 41.4 Å². The molecule has 26 heavy (non-hydrogen) atoms. The maximum Gasteiger partial charge on any atom is 0.471 e. The summed E-state index contributed by atoms with van der Waals surface area (Å²) in [5.41, 5.74) is 0.638. The molecular weight excluding hydrogens is 351 g/mol. The van der Waals surface area contributed by atoms with Crippen molar-refractivity contribution in [3.8, 4) is 0 Å².